The molecule has 0 aromatic heterocycles. The lowest BCUT2D eigenvalue weighted by atomic mass is 9.84. The van der Waals surface area contributed by atoms with Crippen LogP contribution in [0.15, 0.2) is 0 Å². The number of carboxylic acid groups (broad SMARTS) is 1. The second-order valence-electron chi connectivity index (χ2n) is 11.2. The van der Waals surface area contributed by atoms with Gasteiger partial charge in [-0.2, -0.15) is 0 Å². The highest BCUT2D eigenvalue weighted by atomic mass is 16.4. The van der Waals surface area contributed by atoms with Gasteiger partial charge in [-0.25, -0.2) is 4.79 Å². The fourth-order valence-corrected chi connectivity index (χ4v) is 5.24. The van der Waals surface area contributed by atoms with Crippen molar-refractivity contribution in [2.45, 2.75) is 141 Å². The summed E-state index contributed by atoms with van der Waals surface area (Å²) in [6, 6.07) is -3.23. The summed E-state index contributed by atoms with van der Waals surface area (Å²) >= 11 is 0. The van der Waals surface area contributed by atoms with Crippen molar-refractivity contribution < 1.29 is 29.4 Å². The third-order valence-electron chi connectivity index (χ3n) is 7.68. The molecule has 1 aliphatic carbocycles. The van der Waals surface area contributed by atoms with E-state index in [1.807, 2.05) is 0 Å². The van der Waals surface area contributed by atoms with Gasteiger partial charge in [-0.1, -0.05) is 78.1 Å². The molecule has 0 radical (unpaired) electrons. The fourth-order valence-electron chi connectivity index (χ4n) is 5.24. The molecular weight excluding hydrogens is 526 g/mol. The Hall–Kier alpha value is -2.24. The number of aliphatic hydroxyl groups is 1. The highest BCUT2D eigenvalue weighted by Crippen LogP contribution is 2.27. The number of hydrogen-bond donors (Lipinski definition) is 7. The van der Waals surface area contributed by atoms with E-state index in [-0.39, 0.29) is 32.1 Å². The molecule has 0 aromatic rings. The lowest BCUT2D eigenvalue weighted by molar-refractivity contribution is -0.143. The molecule has 240 valence electrons. The summed E-state index contributed by atoms with van der Waals surface area (Å²) in [7, 11) is 0. The maximum atomic E-state index is 13.1. The zero-order valence-electron chi connectivity index (χ0n) is 24.3. The van der Waals surface area contributed by atoms with Crippen molar-refractivity contribution in [3.05, 3.63) is 0 Å². The number of carbonyl (C=O) groups excluding carboxylic acids is 3. The van der Waals surface area contributed by atoms with Crippen LogP contribution < -0.4 is 27.4 Å². The Bertz CT molecular complexity index is 732. The Balaban J connectivity index is 0.0000160. The number of hydrogen-bond acceptors (Lipinski definition) is 7. The van der Waals surface area contributed by atoms with Crippen LogP contribution in [0.4, 0.5) is 0 Å². The quantitative estimate of drug-likeness (QED) is 0.0888. The minimum atomic E-state index is -1.20. The Kier molecular flexibility index (Phi) is 23.0. The van der Waals surface area contributed by atoms with Gasteiger partial charge in [0.25, 0.3) is 0 Å². The molecular formula is C30H59N5O6. The largest absolute Gasteiger partial charge is 0.480 e. The van der Waals surface area contributed by atoms with Gasteiger partial charge in [0.2, 0.25) is 17.7 Å². The van der Waals surface area contributed by atoms with Crippen molar-refractivity contribution in [2.24, 2.45) is 17.4 Å². The van der Waals surface area contributed by atoms with E-state index in [0.717, 1.165) is 77.2 Å². The van der Waals surface area contributed by atoms with E-state index in [0.29, 0.717) is 32.2 Å². The molecule has 9 N–H and O–H groups in total. The van der Waals surface area contributed by atoms with Gasteiger partial charge in [-0.3, -0.25) is 14.4 Å². The van der Waals surface area contributed by atoms with Gasteiger partial charge in [0.15, 0.2) is 0 Å². The molecule has 3 atom stereocenters. The fraction of sp³-hybridized carbons (Fsp3) is 0.867. The number of nitrogens with two attached hydrogens (primary N) is 2. The van der Waals surface area contributed by atoms with E-state index in [1.54, 1.807) is 0 Å². The van der Waals surface area contributed by atoms with Crippen LogP contribution in [-0.2, 0) is 19.2 Å². The first-order valence-electron chi connectivity index (χ1n) is 15.5. The number of nitrogens with one attached hydrogen (secondary N) is 3. The first-order chi connectivity index (χ1) is 19.3. The molecule has 0 unspecified atom stereocenters. The first kappa shape index (κ1) is 38.8. The Morgan fingerprint density at radius 1 is 0.683 bits per heavy atom. The highest BCUT2D eigenvalue weighted by Gasteiger charge is 2.30. The van der Waals surface area contributed by atoms with Crippen molar-refractivity contribution in [1.82, 2.24) is 16.0 Å². The molecule has 0 bridgehead atoms. The van der Waals surface area contributed by atoms with Gasteiger partial charge >= 0.3 is 5.97 Å². The summed E-state index contributed by atoms with van der Waals surface area (Å²) in [4.78, 5) is 50.3. The van der Waals surface area contributed by atoms with Gasteiger partial charge in [0, 0.05) is 6.42 Å². The molecule has 1 rings (SSSR count). The van der Waals surface area contributed by atoms with E-state index in [4.69, 9.17) is 11.5 Å². The molecule has 0 aliphatic heterocycles. The molecule has 0 saturated heterocycles. The minimum absolute atomic E-state index is 0. The molecule has 0 aromatic carbocycles. The second kappa shape index (κ2) is 24.4. The van der Waals surface area contributed by atoms with E-state index in [9.17, 15) is 29.4 Å². The average Bonchev–Trinajstić information content (AvgIpc) is 2.94. The summed E-state index contributed by atoms with van der Waals surface area (Å²) in [5, 5.41) is 27.3. The molecule has 0 heterocycles. The molecule has 41 heavy (non-hydrogen) atoms. The molecule has 1 fully saturated rings. The summed E-state index contributed by atoms with van der Waals surface area (Å²) in [6.07, 6.45) is 15.5. The standard InChI is InChI=1S/C29H55N5O6.CH4/c30-18-12-6-4-2-1-3-5-10-17-26(36)32-25(21-35)28(38)33-23(16-11-13-19-31)27(37)34-24(29(39)40)20-22-14-8-7-9-15-22;/h22-25,35H,1-21,30-31H2,(H,32,36)(H,33,38)(H,34,37)(H,39,40);1H4/t23-,24-,25-;/m0./s1. The lowest BCUT2D eigenvalue weighted by Crippen LogP contribution is -2.56. The van der Waals surface area contributed by atoms with Crippen molar-refractivity contribution in [3.8, 4) is 0 Å². The monoisotopic (exact) mass is 585 g/mol. The van der Waals surface area contributed by atoms with Crippen LogP contribution in [0.25, 0.3) is 0 Å². The Morgan fingerprint density at radius 3 is 1.76 bits per heavy atom. The van der Waals surface area contributed by atoms with Crippen molar-refractivity contribution in [1.29, 1.82) is 0 Å². The zero-order valence-corrected chi connectivity index (χ0v) is 24.3. The molecule has 1 saturated carbocycles. The number of carbonyl (C=O) groups is 4. The van der Waals surface area contributed by atoms with Crippen LogP contribution in [0.3, 0.4) is 0 Å². The Morgan fingerprint density at radius 2 is 1.20 bits per heavy atom. The first-order valence-corrected chi connectivity index (χ1v) is 15.5. The SMILES string of the molecule is C.NCCCCCCCCCCC(=O)N[C@@H](CO)C(=O)N[C@@H](CCCCN)C(=O)N[C@@H](CC1CCCCC1)C(=O)O. The third-order valence-corrected chi connectivity index (χ3v) is 7.68. The predicted molar refractivity (Wildman–Crippen MR) is 162 cm³/mol. The van der Waals surface area contributed by atoms with Gasteiger partial charge in [-0.05, 0) is 57.5 Å². The third kappa shape index (κ3) is 18.0. The van der Waals surface area contributed by atoms with Crippen LogP contribution in [-0.4, -0.2) is 71.7 Å². The topological polar surface area (TPSA) is 197 Å². The number of amides is 3. The smallest absolute Gasteiger partial charge is 0.326 e. The van der Waals surface area contributed by atoms with Crippen LogP contribution in [0, 0.1) is 5.92 Å². The number of rotatable bonds is 23. The second-order valence-corrected chi connectivity index (χ2v) is 11.2. The van der Waals surface area contributed by atoms with E-state index in [1.165, 1.54) is 6.42 Å². The highest BCUT2D eigenvalue weighted by molar-refractivity contribution is 5.93. The normalized spacial score (nSPS) is 15.7. The van der Waals surface area contributed by atoms with Crippen LogP contribution in [0.2, 0.25) is 0 Å². The number of aliphatic hydroxyl groups excluding tert-OH is 1. The van der Waals surface area contributed by atoms with Crippen LogP contribution in [0.5, 0.6) is 0 Å². The average molecular weight is 586 g/mol. The number of aliphatic carboxylic acids is 1. The number of unbranched alkanes of at least 4 members (excludes halogenated alkanes) is 8. The van der Waals surface area contributed by atoms with Gasteiger partial charge in [0.1, 0.15) is 18.1 Å². The molecule has 3 amide bonds. The molecule has 11 nitrogen and oxygen atoms in total. The minimum Gasteiger partial charge on any atom is -0.480 e. The van der Waals surface area contributed by atoms with E-state index >= 15 is 0 Å². The maximum Gasteiger partial charge on any atom is 0.326 e. The summed E-state index contributed by atoms with van der Waals surface area (Å²) in [5.41, 5.74) is 11.1. The van der Waals surface area contributed by atoms with Crippen LogP contribution >= 0.6 is 0 Å². The van der Waals surface area contributed by atoms with E-state index < -0.39 is 42.5 Å². The van der Waals surface area contributed by atoms with Crippen molar-refractivity contribution in [3.63, 3.8) is 0 Å². The maximum absolute atomic E-state index is 13.1. The summed E-state index contributed by atoms with van der Waals surface area (Å²) in [5.74, 6) is -2.45. The lowest BCUT2D eigenvalue weighted by Gasteiger charge is -2.27. The summed E-state index contributed by atoms with van der Waals surface area (Å²) < 4.78 is 0. The summed E-state index contributed by atoms with van der Waals surface area (Å²) in [6.45, 7) is 0.540. The van der Waals surface area contributed by atoms with Gasteiger partial charge in [-0.15, -0.1) is 0 Å². The Labute approximate surface area is 247 Å². The molecule has 0 spiro atoms. The molecule has 1 aliphatic rings. The van der Waals surface area contributed by atoms with Crippen LogP contribution in [0.1, 0.15) is 123 Å². The predicted octanol–water partition coefficient (Wildman–Crippen LogP) is 2.72. The van der Waals surface area contributed by atoms with Crippen molar-refractivity contribution >= 4 is 23.7 Å². The van der Waals surface area contributed by atoms with Crippen molar-refractivity contribution in [2.75, 3.05) is 19.7 Å². The molecule has 11 heteroatoms. The van der Waals surface area contributed by atoms with Gasteiger partial charge < -0.3 is 37.6 Å². The van der Waals surface area contributed by atoms with E-state index in [2.05, 4.69) is 16.0 Å². The number of carboxylic acids is 1. The van der Waals surface area contributed by atoms with Gasteiger partial charge in [0.05, 0.1) is 6.61 Å². The zero-order chi connectivity index (χ0) is 29.6.